The maximum absolute atomic E-state index is 12.4. The minimum absolute atomic E-state index is 0.0164. The summed E-state index contributed by atoms with van der Waals surface area (Å²) in [6.07, 6.45) is 3.54. The number of esters is 1. The lowest BCUT2D eigenvalue weighted by Crippen LogP contribution is -2.36. The number of carbonyl (C=O) groups is 1. The van der Waals surface area contributed by atoms with E-state index < -0.39 is 0 Å². The highest BCUT2D eigenvalue weighted by atomic mass is 16.5. The lowest BCUT2D eigenvalue weighted by Gasteiger charge is -2.31. The van der Waals surface area contributed by atoms with Crippen molar-refractivity contribution in [1.82, 2.24) is 20.1 Å². The molecule has 0 atom stereocenters. The first kappa shape index (κ1) is 30.7. The third kappa shape index (κ3) is 6.77. The van der Waals surface area contributed by atoms with Gasteiger partial charge in [-0.05, 0) is 99.0 Å². The van der Waals surface area contributed by atoms with Gasteiger partial charge in [-0.3, -0.25) is 19.8 Å². The van der Waals surface area contributed by atoms with E-state index >= 15 is 0 Å². The molecule has 5 rings (SSSR count). The quantitative estimate of drug-likeness (QED) is 0.192. The molecule has 7 heteroatoms. The van der Waals surface area contributed by atoms with Crippen LogP contribution in [0.15, 0.2) is 42.6 Å². The number of nitrogens with one attached hydrogen (secondary N) is 1. The summed E-state index contributed by atoms with van der Waals surface area (Å²) >= 11 is 0. The number of pyridine rings is 1. The normalized spacial score (nSPS) is 14.6. The van der Waals surface area contributed by atoms with Crippen LogP contribution in [0.1, 0.15) is 92.8 Å². The number of likely N-dealkylation sites (tertiary alicyclic amines) is 1. The molecule has 0 aliphatic carbocycles. The van der Waals surface area contributed by atoms with Crippen molar-refractivity contribution in [2.75, 3.05) is 19.7 Å². The highest BCUT2D eigenvalue weighted by Gasteiger charge is 2.27. The fourth-order valence-electron chi connectivity index (χ4n) is 6.14. The van der Waals surface area contributed by atoms with Crippen LogP contribution in [-0.4, -0.2) is 45.7 Å². The molecule has 7 nitrogen and oxygen atoms in total. The predicted octanol–water partition coefficient (Wildman–Crippen LogP) is 7.84. The number of piperidine rings is 1. The smallest absolute Gasteiger partial charge is 0.309 e. The monoisotopic (exact) mass is 582 g/mol. The molecule has 1 N–H and O–H groups in total. The molecule has 0 bridgehead atoms. The molecule has 43 heavy (non-hydrogen) atoms. The van der Waals surface area contributed by atoms with Crippen LogP contribution in [0.4, 0.5) is 0 Å². The highest BCUT2D eigenvalue weighted by molar-refractivity contribution is 5.95. The van der Waals surface area contributed by atoms with Gasteiger partial charge in [-0.15, -0.1) is 0 Å². The number of hydrogen-bond acceptors (Lipinski definition) is 6. The molecule has 0 saturated carbocycles. The molecular formula is C36H46N4O3. The number of aryl methyl sites for hydroxylation is 2. The molecule has 2 aromatic heterocycles. The number of nitrogens with zero attached hydrogens (tertiary/aromatic N) is 3. The van der Waals surface area contributed by atoms with E-state index in [9.17, 15) is 4.79 Å². The third-order valence-electron chi connectivity index (χ3n) is 8.81. The van der Waals surface area contributed by atoms with Crippen LogP contribution in [0.5, 0.6) is 5.75 Å². The van der Waals surface area contributed by atoms with Gasteiger partial charge in [-0.2, -0.15) is 5.10 Å². The van der Waals surface area contributed by atoms with Crippen molar-refractivity contribution in [2.45, 2.75) is 86.3 Å². The molecular weight excluding hydrogens is 536 g/mol. The number of hydrogen-bond donors (Lipinski definition) is 1. The van der Waals surface area contributed by atoms with Crippen molar-refractivity contribution >= 4 is 16.9 Å². The highest BCUT2D eigenvalue weighted by Crippen LogP contribution is 2.36. The van der Waals surface area contributed by atoms with Gasteiger partial charge < -0.3 is 9.47 Å². The fourth-order valence-corrected chi connectivity index (χ4v) is 6.14. The molecule has 0 radical (unpaired) electrons. The Bertz CT molecular complexity index is 1580. The standard InChI is InChI=1S/C36H46N4O3/c1-8-42-36(41)26-13-15-40(16-14-26)20-28-17-33(35-29(23(4)5)11-12-32-30(35)19-37-39-32)38-25(7)31(28)21-43-34-18-27(22(2)3)10-9-24(34)6/h9-12,17-19,22-23,26H,8,13-16,20-21H2,1-7H3,(H,37,39). The zero-order valence-electron chi connectivity index (χ0n) is 26.8. The predicted molar refractivity (Wildman–Crippen MR) is 172 cm³/mol. The van der Waals surface area contributed by atoms with Gasteiger partial charge in [0.05, 0.1) is 29.9 Å². The van der Waals surface area contributed by atoms with Crippen molar-refractivity contribution in [2.24, 2.45) is 5.92 Å². The Balaban J connectivity index is 1.51. The topological polar surface area (TPSA) is 80.3 Å². The van der Waals surface area contributed by atoms with E-state index in [-0.39, 0.29) is 11.9 Å². The van der Waals surface area contributed by atoms with Crippen LogP contribution >= 0.6 is 0 Å². The zero-order chi connectivity index (χ0) is 30.7. The Hall–Kier alpha value is -3.71. The van der Waals surface area contributed by atoms with E-state index in [1.807, 2.05) is 13.1 Å². The number of fused-ring (bicyclic) bond motifs is 1. The van der Waals surface area contributed by atoms with Gasteiger partial charge in [0.2, 0.25) is 0 Å². The molecule has 4 aromatic rings. The maximum Gasteiger partial charge on any atom is 0.309 e. The Labute approximate surface area is 256 Å². The van der Waals surface area contributed by atoms with Crippen LogP contribution in [0.2, 0.25) is 0 Å². The number of aromatic nitrogens is 3. The molecule has 0 spiro atoms. The van der Waals surface area contributed by atoms with Gasteiger partial charge in [0, 0.05) is 28.8 Å². The van der Waals surface area contributed by atoms with E-state index in [1.54, 1.807) is 0 Å². The number of benzene rings is 2. The van der Waals surface area contributed by atoms with Crippen LogP contribution in [0.25, 0.3) is 22.2 Å². The van der Waals surface area contributed by atoms with Crippen LogP contribution in [0, 0.1) is 19.8 Å². The van der Waals surface area contributed by atoms with E-state index in [4.69, 9.17) is 14.5 Å². The molecule has 1 saturated heterocycles. The summed E-state index contributed by atoms with van der Waals surface area (Å²) in [5.74, 6) is 1.60. The van der Waals surface area contributed by atoms with E-state index in [2.05, 4.69) is 93.0 Å². The summed E-state index contributed by atoms with van der Waals surface area (Å²) in [6.45, 7) is 18.3. The number of carbonyl (C=O) groups excluding carboxylic acids is 1. The number of ether oxygens (including phenoxy) is 2. The Morgan fingerprint density at radius 1 is 1.05 bits per heavy atom. The molecule has 1 aliphatic rings. The second-order valence-electron chi connectivity index (χ2n) is 12.5. The summed E-state index contributed by atoms with van der Waals surface area (Å²) in [4.78, 5) is 20.0. The molecule has 1 fully saturated rings. The molecule has 0 unspecified atom stereocenters. The SMILES string of the molecule is CCOC(=O)C1CCN(Cc2cc(-c3c(C(C)C)ccc4[nH]ncc34)nc(C)c2COc2cc(C(C)C)ccc2C)CC1. The van der Waals surface area contributed by atoms with Crippen LogP contribution in [0.3, 0.4) is 0 Å². The zero-order valence-corrected chi connectivity index (χ0v) is 26.8. The van der Waals surface area contributed by atoms with Crippen molar-refractivity contribution in [1.29, 1.82) is 0 Å². The average Bonchev–Trinajstić information content (AvgIpc) is 3.46. The van der Waals surface area contributed by atoms with Crippen molar-refractivity contribution in [3.05, 3.63) is 76.1 Å². The molecule has 228 valence electrons. The second-order valence-corrected chi connectivity index (χ2v) is 12.5. The first-order valence-corrected chi connectivity index (χ1v) is 15.7. The minimum atomic E-state index is -0.0632. The Kier molecular flexibility index (Phi) is 9.50. The largest absolute Gasteiger partial charge is 0.489 e. The van der Waals surface area contributed by atoms with E-state index in [0.29, 0.717) is 25.0 Å². The van der Waals surface area contributed by atoms with Gasteiger partial charge in [0.25, 0.3) is 0 Å². The lowest BCUT2D eigenvalue weighted by atomic mass is 9.91. The summed E-state index contributed by atoms with van der Waals surface area (Å²) in [6, 6.07) is 13.1. The van der Waals surface area contributed by atoms with E-state index in [0.717, 1.165) is 77.2 Å². The van der Waals surface area contributed by atoms with Crippen LogP contribution in [-0.2, 0) is 22.7 Å². The van der Waals surface area contributed by atoms with Crippen molar-refractivity contribution in [3.63, 3.8) is 0 Å². The van der Waals surface area contributed by atoms with Gasteiger partial charge in [0.15, 0.2) is 0 Å². The first-order chi connectivity index (χ1) is 20.7. The molecule has 0 amide bonds. The summed E-state index contributed by atoms with van der Waals surface area (Å²) < 4.78 is 11.8. The molecule has 2 aromatic carbocycles. The van der Waals surface area contributed by atoms with Crippen molar-refractivity contribution < 1.29 is 14.3 Å². The summed E-state index contributed by atoms with van der Waals surface area (Å²) in [5.41, 5.74) is 10.1. The maximum atomic E-state index is 12.4. The van der Waals surface area contributed by atoms with Gasteiger partial charge in [-0.1, -0.05) is 45.9 Å². The van der Waals surface area contributed by atoms with Gasteiger partial charge >= 0.3 is 5.97 Å². The third-order valence-corrected chi connectivity index (χ3v) is 8.81. The van der Waals surface area contributed by atoms with Gasteiger partial charge in [-0.25, -0.2) is 0 Å². The number of rotatable bonds is 10. The summed E-state index contributed by atoms with van der Waals surface area (Å²) in [5, 5.41) is 8.57. The first-order valence-electron chi connectivity index (χ1n) is 15.7. The van der Waals surface area contributed by atoms with Gasteiger partial charge in [0.1, 0.15) is 12.4 Å². The fraction of sp³-hybridized carbons (Fsp3) is 0.472. The van der Waals surface area contributed by atoms with Crippen molar-refractivity contribution in [3.8, 4) is 17.0 Å². The Morgan fingerprint density at radius 2 is 1.81 bits per heavy atom. The summed E-state index contributed by atoms with van der Waals surface area (Å²) in [7, 11) is 0. The molecule has 3 heterocycles. The minimum Gasteiger partial charge on any atom is -0.489 e. The number of aromatic amines is 1. The molecule has 1 aliphatic heterocycles. The van der Waals surface area contributed by atoms with E-state index in [1.165, 1.54) is 16.7 Å². The number of H-pyrrole nitrogens is 1. The lowest BCUT2D eigenvalue weighted by molar-refractivity contribution is -0.149. The second kappa shape index (κ2) is 13.3. The van der Waals surface area contributed by atoms with Crippen LogP contribution < -0.4 is 4.74 Å². The Morgan fingerprint density at radius 3 is 2.51 bits per heavy atom. The average molecular weight is 583 g/mol.